The van der Waals surface area contributed by atoms with Gasteiger partial charge in [-0.25, -0.2) is 4.98 Å². The third-order valence-electron chi connectivity index (χ3n) is 5.61. The second-order valence-corrected chi connectivity index (χ2v) is 9.03. The van der Waals surface area contributed by atoms with E-state index in [9.17, 15) is 9.59 Å². The lowest BCUT2D eigenvalue weighted by Gasteiger charge is -2.32. The van der Waals surface area contributed by atoms with Crippen LogP contribution in [0.4, 0.5) is 0 Å². The first-order valence-corrected chi connectivity index (χ1v) is 11.3. The maximum Gasteiger partial charge on any atom is 0.261 e. The van der Waals surface area contributed by atoms with Crippen molar-refractivity contribution in [3.63, 3.8) is 0 Å². The van der Waals surface area contributed by atoms with Crippen LogP contribution < -0.4 is 5.56 Å². The highest BCUT2D eigenvalue weighted by Gasteiger charge is 2.26. The SMILES string of the molecule is CC(C)CC(=O)N(CCN(C)C)C(C)c1nc2ccccc2c(=O)n1Cc1ccccc1. The fourth-order valence-corrected chi connectivity index (χ4v) is 3.87. The van der Waals surface area contributed by atoms with Gasteiger partial charge in [-0.1, -0.05) is 56.3 Å². The normalized spacial score (nSPS) is 12.5. The first kappa shape index (κ1) is 23.7. The molecule has 0 aliphatic heterocycles. The molecule has 6 heteroatoms. The molecule has 6 nitrogen and oxygen atoms in total. The summed E-state index contributed by atoms with van der Waals surface area (Å²) in [5.74, 6) is 0.962. The maximum absolute atomic E-state index is 13.5. The predicted molar refractivity (Wildman–Crippen MR) is 130 cm³/mol. The Morgan fingerprint density at radius 3 is 2.28 bits per heavy atom. The van der Waals surface area contributed by atoms with Crippen molar-refractivity contribution in [1.82, 2.24) is 19.4 Å². The zero-order valence-corrected chi connectivity index (χ0v) is 19.8. The van der Waals surface area contributed by atoms with Crippen molar-refractivity contribution in [2.24, 2.45) is 5.92 Å². The number of carbonyl (C=O) groups excluding carboxylic acids is 1. The summed E-state index contributed by atoms with van der Waals surface area (Å²) in [7, 11) is 3.99. The third-order valence-corrected chi connectivity index (χ3v) is 5.61. The van der Waals surface area contributed by atoms with Gasteiger partial charge in [-0.15, -0.1) is 0 Å². The van der Waals surface area contributed by atoms with Crippen molar-refractivity contribution < 1.29 is 4.79 Å². The number of carbonyl (C=O) groups is 1. The number of likely N-dealkylation sites (N-methyl/N-ethyl adjacent to an activating group) is 1. The van der Waals surface area contributed by atoms with E-state index in [0.29, 0.717) is 36.2 Å². The Morgan fingerprint density at radius 2 is 1.62 bits per heavy atom. The Balaban J connectivity index is 2.11. The van der Waals surface area contributed by atoms with E-state index in [0.717, 1.165) is 12.1 Å². The summed E-state index contributed by atoms with van der Waals surface area (Å²) >= 11 is 0. The van der Waals surface area contributed by atoms with E-state index >= 15 is 0 Å². The summed E-state index contributed by atoms with van der Waals surface area (Å²) in [6, 6.07) is 17.0. The summed E-state index contributed by atoms with van der Waals surface area (Å²) in [4.78, 5) is 35.5. The van der Waals surface area contributed by atoms with Crippen LogP contribution >= 0.6 is 0 Å². The van der Waals surface area contributed by atoms with Crippen LogP contribution in [0.5, 0.6) is 0 Å². The molecule has 1 atom stereocenters. The lowest BCUT2D eigenvalue weighted by molar-refractivity contribution is -0.134. The van der Waals surface area contributed by atoms with Crippen molar-refractivity contribution in [3.8, 4) is 0 Å². The molecule has 1 amide bonds. The molecule has 0 spiro atoms. The molecule has 170 valence electrons. The van der Waals surface area contributed by atoms with Crippen molar-refractivity contribution in [2.75, 3.05) is 27.2 Å². The average molecular weight is 435 g/mol. The highest BCUT2D eigenvalue weighted by molar-refractivity contribution is 5.78. The molecule has 0 aliphatic carbocycles. The molecule has 3 rings (SSSR count). The van der Waals surface area contributed by atoms with Crippen LogP contribution in [0, 0.1) is 5.92 Å². The first-order chi connectivity index (χ1) is 15.3. The van der Waals surface area contributed by atoms with Crippen molar-refractivity contribution in [3.05, 3.63) is 76.3 Å². The van der Waals surface area contributed by atoms with Gasteiger partial charge >= 0.3 is 0 Å². The standard InChI is InChI=1S/C26H34N4O2/c1-19(2)17-24(31)29(16-15-28(4)5)20(3)25-27-23-14-10-9-13-22(23)26(32)30(25)18-21-11-7-6-8-12-21/h6-14,19-20H,15-18H2,1-5H3. The van der Waals surface area contributed by atoms with E-state index in [1.165, 1.54) is 0 Å². The first-order valence-electron chi connectivity index (χ1n) is 11.3. The van der Waals surface area contributed by atoms with Crippen molar-refractivity contribution in [1.29, 1.82) is 0 Å². The van der Waals surface area contributed by atoms with Gasteiger partial charge in [0.15, 0.2) is 0 Å². The van der Waals surface area contributed by atoms with E-state index < -0.39 is 0 Å². The lowest BCUT2D eigenvalue weighted by Crippen LogP contribution is -2.41. The Morgan fingerprint density at radius 1 is 0.969 bits per heavy atom. The zero-order chi connectivity index (χ0) is 23.3. The summed E-state index contributed by atoms with van der Waals surface area (Å²) < 4.78 is 1.73. The molecule has 1 aromatic heterocycles. The Kier molecular flexibility index (Phi) is 7.80. The van der Waals surface area contributed by atoms with E-state index in [2.05, 4.69) is 4.90 Å². The second kappa shape index (κ2) is 10.6. The van der Waals surface area contributed by atoms with Crippen LogP contribution in [0.3, 0.4) is 0 Å². The lowest BCUT2D eigenvalue weighted by atomic mass is 10.1. The van der Waals surface area contributed by atoms with E-state index in [4.69, 9.17) is 4.98 Å². The fraction of sp³-hybridized carbons (Fsp3) is 0.423. The second-order valence-electron chi connectivity index (χ2n) is 9.03. The molecule has 1 heterocycles. The predicted octanol–water partition coefficient (Wildman–Crippen LogP) is 3.94. The number of fused-ring (bicyclic) bond motifs is 1. The minimum atomic E-state index is -0.331. The molecule has 0 aliphatic rings. The largest absolute Gasteiger partial charge is 0.331 e. The summed E-state index contributed by atoms with van der Waals surface area (Å²) in [5.41, 5.74) is 1.60. The van der Waals surface area contributed by atoms with Gasteiger partial charge in [-0.3, -0.25) is 14.2 Å². The average Bonchev–Trinajstić information content (AvgIpc) is 2.75. The molecular weight excluding hydrogens is 400 g/mol. The van der Waals surface area contributed by atoms with Crippen molar-refractivity contribution in [2.45, 2.75) is 39.8 Å². The summed E-state index contributed by atoms with van der Waals surface area (Å²) in [6.07, 6.45) is 0.467. The van der Waals surface area contributed by atoms with Crippen LogP contribution in [0.15, 0.2) is 59.4 Å². The van der Waals surface area contributed by atoms with Crippen LogP contribution in [-0.2, 0) is 11.3 Å². The molecular formula is C26H34N4O2. The monoisotopic (exact) mass is 434 g/mol. The van der Waals surface area contributed by atoms with Crippen molar-refractivity contribution >= 4 is 16.8 Å². The quantitative estimate of drug-likeness (QED) is 0.512. The van der Waals surface area contributed by atoms with Gasteiger partial charge in [-0.05, 0) is 44.6 Å². The zero-order valence-electron chi connectivity index (χ0n) is 19.8. The molecule has 0 fully saturated rings. The van der Waals surface area contributed by atoms with Gasteiger partial charge < -0.3 is 9.80 Å². The molecule has 0 saturated carbocycles. The number of nitrogens with zero attached hydrogens (tertiary/aromatic N) is 4. The maximum atomic E-state index is 13.5. The molecule has 1 unspecified atom stereocenters. The van der Waals surface area contributed by atoms with Gasteiger partial charge in [0, 0.05) is 19.5 Å². The van der Waals surface area contributed by atoms with Gasteiger partial charge in [0.2, 0.25) is 5.91 Å². The van der Waals surface area contributed by atoms with Crippen LogP contribution in [-0.4, -0.2) is 52.4 Å². The minimum absolute atomic E-state index is 0.0785. The van der Waals surface area contributed by atoms with Gasteiger partial charge in [0.25, 0.3) is 5.56 Å². The Bertz CT molecular complexity index is 1110. The number of para-hydroxylation sites is 1. The third kappa shape index (κ3) is 5.62. The number of rotatable bonds is 9. The minimum Gasteiger partial charge on any atom is -0.331 e. The molecule has 0 radical (unpaired) electrons. The molecule has 32 heavy (non-hydrogen) atoms. The fourth-order valence-electron chi connectivity index (χ4n) is 3.87. The molecule has 0 N–H and O–H groups in total. The molecule has 3 aromatic rings. The highest BCUT2D eigenvalue weighted by atomic mass is 16.2. The Hall–Kier alpha value is -2.99. The van der Waals surface area contributed by atoms with Crippen LogP contribution in [0.1, 0.15) is 44.6 Å². The summed E-state index contributed by atoms with van der Waals surface area (Å²) in [5, 5.41) is 0.590. The molecule has 0 saturated heterocycles. The number of benzene rings is 2. The van der Waals surface area contributed by atoms with E-state index in [1.807, 2.05) is 94.4 Å². The van der Waals surface area contributed by atoms with Crippen LogP contribution in [0.25, 0.3) is 10.9 Å². The number of hydrogen-bond donors (Lipinski definition) is 0. The number of aromatic nitrogens is 2. The van der Waals surface area contributed by atoms with Gasteiger partial charge in [0.1, 0.15) is 5.82 Å². The highest BCUT2D eigenvalue weighted by Crippen LogP contribution is 2.22. The number of amides is 1. The van der Waals surface area contributed by atoms with Gasteiger partial charge in [-0.2, -0.15) is 0 Å². The Labute approximate surface area is 190 Å². The summed E-state index contributed by atoms with van der Waals surface area (Å²) in [6.45, 7) is 7.81. The van der Waals surface area contributed by atoms with Crippen LogP contribution in [0.2, 0.25) is 0 Å². The topological polar surface area (TPSA) is 58.4 Å². The van der Waals surface area contributed by atoms with E-state index in [1.54, 1.807) is 4.57 Å². The smallest absolute Gasteiger partial charge is 0.261 e. The molecule has 2 aromatic carbocycles. The van der Waals surface area contributed by atoms with E-state index in [-0.39, 0.29) is 23.4 Å². The van der Waals surface area contributed by atoms with Gasteiger partial charge in [0.05, 0.1) is 23.5 Å². The molecule has 0 bridgehead atoms. The number of hydrogen-bond acceptors (Lipinski definition) is 4.